The molecule has 19 heavy (non-hydrogen) atoms. The van der Waals surface area contributed by atoms with Gasteiger partial charge in [0, 0.05) is 30.7 Å². The maximum atomic E-state index is 12.1. The molecule has 1 aromatic heterocycles. The number of sulfonamides is 1. The Labute approximate surface area is 113 Å². The Morgan fingerprint density at radius 2 is 2.32 bits per heavy atom. The maximum absolute atomic E-state index is 12.1. The molecule has 0 spiro atoms. The Morgan fingerprint density at radius 1 is 1.63 bits per heavy atom. The average Bonchev–Trinajstić information content (AvgIpc) is 3.11. The number of nitrogens with zero attached hydrogens (tertiary/aromatic N) is 2. The van der Waals surface area contributed by atoms with Crippen molar-refractivity contribution in [1.29, 1.82) is 0 Å². The number of aromatic amines is 1. The summed E-state index contributed by atoms with van der Waals surface area (Å²) in [6.45, 7) is 2.53. The van der Waals surface area contributed by atoms with Crippen LogP contribution in [-0.2, 0) is 16.6 Å². The Morgan fingerprint density at radius 3 is 2.89 bits per heavy atom. The van der Waals surface area contributed by atoms with Crippen LogP contribution in [-0.4, -0.2) is 49.2 Å². The van der Waals surface area contributed by atoms with Gasteiger partial charge in [0.1, 0.15) is 0 Å². The maximum Gasteiger partial charge on any atom is 0.257 e. The van der Waals surface area contributed by atoms with Crippen LogP contribution in [0.15, 0.2) is 11.2 Å². The molecular weight excluding hydrogens is 266 g/mol. The summed E-state index contributed by atoms with van der Waals surface area (Å²) in [4.78, 5) is 2.21. The molecule has 4 N–H and O–H groups in total. The molecule has 1 unspecified atom stereocenters. The number of rotatable bonds is 7. The third-order valence-electron chi connectivity index (χ3n) is 3.55. The third kappa shape index (κ3) is 3.33. The molecule has 1 atom stereocenters. The van der Waals surface area contributed by atoms with Gasteiger partial charge in [-0.1, -0.05) is 0 Å². The molecule has 0 saturated heterocycles. The van der Waals surface area contributed by atoms with Gasteiger partial charge < -0.3 is 5.73 Å². The molecule has 0 aromatic carbocycles. The van der Waals surface area contributed by atoms with Gasteiger partial charge in [-0.2, -0.15) is 5.10 Å². The van der Waals surface area contributed by atoms with Crippen LogP contribution in [0, 0.1) is 0 Å². The molecule has 0 aliphatic heterocycles. The van der Waals surface area contributed by atoms with E-state index in [1.807, 2.05) is 14.0 Å². The summed E-state index contributed by atoms with van der Waals surface area (Å²) in [7, 11) is -1.54. The third-order valence-corrected chi connectivity index (χ3v) is 4.99. The Hall–Kier alpha value is -0.960. The first-order valence-corrected chi connectivity index (χ1v) is 7.88. The van der Waals surface area contributed by atoms with Crippen molar-refractivity contribution in [2.24, 2.45) is 5.73 Å². The highest BCUT2D eigenvalue weighted by Gasteiger charge is 2.30. The van der Waals surface area contributed by atoms with Gasteiger partial charge in [0.25, 0.3) is 10.0 Å². The SMILES string of the molecule is CC(CNS(=O)(=O)c1[nH]ncc1CN)N(C)C1CC1. The fourth-order valence-electron chi connectivity index (χ4n) is 1.97. The van der Waals surface area contributed by atoms with Crippen LogP contribution in [0.25, 0.3) is 0 Å². The normalized spacial score (nSPS) is 17.9. The van der Waals surface area contributed by atoms with Gasteiger partial charge in [-0.15, -0.1) is 0 Å². The lowest BCUT2D eigenvalue weighted by Gasteiger charge is -2.24. The Bertz CT molecular complexity index is 523. The molecule has 1 aliphatic rings. The van der Waals surface area contributed by atoms with E-state index < -0.39 is 10.0 Å². The van der Waals surface area contributed by atoms with E-state index in [1.165, 1.54) is 19.0 Å². The molecule has 8 heteroatoms. The Balaban J connectivity index is 1.97. The van der Waals surface area contributed by atoms with Gasteiger partial charge in [0.15, 0.2) is 5.03 Å². The van der Waals surface area contributed by atoms with Crippen molar-refractivity contribution < 1.29 is 8.42 Å². The Kier molecular flexibility index (Phi) is 4.24. The van der Waals surface area contributed by atoms with Crippen LogP contribution in [0.4, 0.5) is 0 Å². The van der Waals surface area contributed by atoms with Crippen LogP contribution in [0.3, 0.4) is 0 Å². The van der Waals surface area contributed by atoms with Crippen LogP contribution in [0.1, 0.15) is 25.3 Å². The fraction of sp³-hybridized carbons (Fsp3) is 0.727. The van der Waals surface area contributed by atoms with E-state index in [9.17, 15) is 8.42 Å². The summed E-state index contributed by atoms with van der Waals surface area (Å²) in [6, 6.07) is 0.762. The number of nitrogens with two attached hydrogens (primary N) is 1. The highest BCUT2D eigenvalue weighted by molar-refractivity contribution is 7.89. The second kappa shape index (κ2) is 5.58. The first-order chi connectivity index (χ1) is 8.95. The van der Waals surface area contributed by atoms with Crippen molar-refractivity contribution in [3.05, 3.63) is 11.8 Å². The first kappa shape index (κ1) is 14.4. The van der Waals surface area contributed by atoms with E-state index in [2.05, 4.69) is 19.8 Å². The van der Waals surface area contributed by atoms with Crippen molar-refractivity contribution >= 4 is 10.0 Å². The van der Waals surface area contributed by atoms with Crippen LogP contribution >= 0.6 is 0 Å². The zero-order valence-corrected chi connectivity index (χ0v) is 12.1. The molecule has 1 aliphatic carbocycles. The minimum atomic E-state index is -3.57. The quantitative estimate of drug-likeness (QED) is 0.635. The first-order valence-electron chi connectivity index (χ1n) is 6.39. The summed E-state index contributed by atoms with van der Waals surface area (Å²) in [5.41, 5.74) is 5.98. The highest BCUT2D eigenvalue weighted by atomic mass is 32.2. The molecule has 7 nitrogen and oxygen atoms in total. The zero-order valence-electron chi connectivity index (χ0n) is 11.3. The molecule has 1 heterocycles. The number of likely N-dealkylation sites (N-methyl/N-ethyl adjacent to an activating group) is 1. The van der Waals surface area contributed by atoms with Gasteiger partial charge in [0.2, 0.25) is 0 Å². The number of H-pyrrole nitrogens is 1. The topological polar surface area (TPSA) is 104 Å². The van der Waals surface area contributed by atoms with Crippen molar-refractivity contribution in [1.82, 2.24) is 19.8 Å². The molecule has 108 valence electrons. The van der Waals surface area contributed by atoms with E-state index >= 15 is 0 Å². The largest absolute Gasteiger partial charge is 0.326 e. The minimum absolute atomic E-state index is 0.0660. The van der Waals surface area contributed by atoms with Gasteiger partial charge in [-0.25, -0.2) is 13.1 Å². The second-order valence-corrected chi connectivity index (χ2v) is 6.73. The van der Waals surface area contributed by atoms with Crippen molar-refractivity contribution in [2.75, 3.05) is 13.6 Å². The van der Waals surface area contributed by atoms with E-state index in [0.29, 0.717) is 18.2 Å². The fourth-order valence-corrected chi connectivity index (χ4v) is 3.22. The molecule has 0 radical (unpaired) electrons. The molecular formula is C11H21N5O2S. The van der Waals surface area contributed by atoms with Crippen LogP contribution < -0.4 is 10.5 Å². The summed E-state index contributed by atoms with van der Waals surface area (Å²) in [6.07, 6.45) is 3.84. The van der Waals surface area contributed by atoms with Crippen molar-refractivity contribution in [3.63, 3.8) is 0 Å². The minimum Gasteiger partial charge on any atom is -0.326 e. The number of hydrogen-bond acceptors (Lipinski definition) is 5. The zero-order chi connectivity index (χ0) is 14.0. The summed E-state index contributed by atoms with van der Waals surface area (Å²) in [5, 5.41) is 6.28. The number of aromatic nitrogens is 2. The van der Waals surface area contributed by atoms with Gasteiger partial charge in [0.05, 0.1) is 6.20 Å². The molecule has 1 fully saturated rings. The smallest absolute Gasteiger partial charge is 0.257 e. The van der Waals surface area contributed by atoms with E-state index in [1.54, 1.807) is 0 Å². The average molecular weight is 287 g/mol. The van der Waals surface area contributed by atoms with Gasteiger partial charge in [-0.05, 0) is 26.8 Å². The predicted octanol–water partition coefficient (Wildman–Crippen LogP) is -0.371. The van der Waals surface area contributed by atoms with Crippen molar-refractivity contribution in [2.45, 2.75) is 43.4 Å². The number of nitrogens with one attached hydrogen (secondary N) is 2. The summed E-state index contributed by atoms with van der Waals surface area (Å²) >= 11 is 0. The molecule has 0 amide bonds. The lowest BCUT2D eigenvalue weighted by atomic mass is 10.3. The predicted molar refractivity (Wildman–Crippen MR) is 71.9 cm³/mol. The lowest BCUT2D eigenvalue weighted by molar-refractivity contribution is 0.248. The van der Waals surface area contributed by atoms with E-state index in [-0.39, 0.29) is 17.6 Å². The molecule has 1 aromatic rings. The van der Waals surface area contributed by atoms with Crippen molar-refractivity contribution in [3.8, 4) is 0 Å². The monoisotopic (exact) mass is 287 g/mol. The molecule has 2 rings (SSSR count). The lowest BCUT2D eigenvalue weighted by Crippen LogP contribution is -2.41. The highest BCUT2D eigenvalue weighted by Crippen LogP contribution is 2.26. The standard InChI is InChI=1S/C11H21N5O2S/c1-8(16(2)10-3-4-10)6-14-19(17,18)11-9(5-12)7-13-15-11/h7-8,10,14H,3-6,12H2,1-2H3,(H,13,15). The van der Waals surface area contributed by atoms with Gasteiger partial charge >= 0.3 is 0 Å². The summed E-state index contributed by atoms with van der Waals surface area (Å²) < 4.78 is 26.9. The second-order valence-electron chi connectivity index (χ2n) is 5.03. The number of hydrogen-bond donors (Lipinski definition) is 3. The van der Waals surface area contributed by atoms with E-state index in [4.69, 9.17) is 5.73 Å². The molecule has 1 saturated carbocycles. The van der Waals surface area contributed by atoms with Gasteiger partial charge in [-0.3, -0.25) is 10.00 Å². The van der Waals surface area contributed by atoms with E-state index in [0.717, 1.165) is 0 Å². The molecule has 0 bridgehead atoms. The van der Waals surface area contributed by atoms with Crippen LogP contribution in [0.5, 0.6) is 0 Å². The van der Waals surface area contributed by atoms with Crippen LogP contribution in [0.2, 0.25) is 0 Å². The summed E-state index contributed by atoms with van der Waals surface area (Å²) in [5.74, 6) is 0.